The predicted molar refractivity (Wildman–Crippen MR) is 80.1 cm³/mol. The lowest BCUT2D eigenvalue weighted by Crippen LogP contribution is -2.46. The highest BCUT2D eigenvalue weighted by Gasteiger charge is 2.39. The first kappa shape index (κ1) is 13.3. The highest BCUT2D eigenvalue weighted by molar-refractivity contribution is 7.99. The second-order valence-corrected chi connectivity index (χ2v) is 6.87. The van der Waals surface area contributed by atoms with E-state index in [9.17, 15) is 0 Å². The molecule has 2 fully saturated rings. The first-order valence-electron chi connectivity index (χ1n) is 7.21. The van der Waals surface area contributed by atoms with Gasteiger partial charge in [0.25, 0.3) is 0 Å². The Morgan fingerprint density at radius 2 is 2.05 bits per heavy atom. The molecule has 0 bridgehead atoms. The topological polar surface area (TPSA) is 18.5 Å². The van der Waals surface area contributed by atoms with E-state index in [1.165, 1.54) is 29.9 Å². The van der Waals surface area contributed by atoms with Crippen molar-refractivity contribution in [3.63, 3.8) is 0 Å². The quantitative estimate of drug-likeness (QED) is 0.819. The smallest absolute Gasteiger partial charge is 0.122 e. The highest BCUT2D eigenvalue weighted by Crippen LogP contribution is 2.38. The second-order valence-electron chi connectivity index (χ2n) is 5.64. The molecule has 1 atom stereocenters. The number of aryl methyl sites for hydroxylation is 1. The van der Waals surface area contributed by atoms with Crippen LogP contribution in [0.15, 0.2) is 24.3 Å². The Labute approximate surface area is 119 Å². The Morgan fingerprint density at radius 3 is 2.84 bits per heavy atom. The van der Waals surface area contributed by atoms with Gasteiger partial charge < -0.3 is 9.47 Å². The van der Waals surface area contributed by atoms with E-state index >= 15 is 0 Å². The molecule has 2 aliphatic heterocycles. The summed E-state index contributed by atoms with van der Waals surface area (Å²) in [4.78, 5) is 0. The average molecular weight is 278 g/mol. The van der Waals surface area contributed by atoms with Crippen LogP contribution in [0.4, 0.5) is 0 Å². The lowest BCUT2D eigenvalue weighted by Gasteiger charge is -2.43. The SMILES string of the molecule is Cc1ccccc1OC1CCOC2(CCSCC2)C1. The summed E-state index contributed by atoms with van der Waals surface area (Å²) in [6.45, 7) is 2.96. The van der Waals surface area contributed by atoms with E-state index < -0.39 is 0 Å². The monoisotopic (exact) mass is 278 g/mol. The third-order valence-electron chi connectivity index (χ3n) is 4.24. The molecular formula is C16H22O2S. The van der Waals surface area contributed by atoms with Crippen molar-refractivity contribution < 1.29 is 9.47 Å². The van der Waals surface area contributed by atoms with E-state index in [1.54, 1.807) is 0 Å². The van der Waals surface area contributed by atoms with Gasteiger partial charge in [-0.25, -0.2) is 0 Å². The fraction of sp³-hybridized carbons (Fsp3) is 0.625. The highest BCUT2D eigenvalue weighted by atomic mass is 32.2. The summed E-state index contributed by atoms with van der Waals surface area (Å²) in [6, 6.07) is 8.30. The second kappa shape index (κ2) is 5.76. The molecule has 1 unspecified atom stereocenters. The summed E-state index contributed by atoms with van der Waals surface area (Å²) in [6.07, 6.45) is 4.76. The molecule has 0 aromatic heterocycles. The van der Waals surface area contributed by atoms with Gasteiger partial charge in [-0.2, -0.15) is 11.8 Å². The van der Waals surface area contributed by atoms with Gasteiger partial charge in [0.05, 0.1) is 12.2 Å². The summed E-state index contributed by atoms with van der Waals surface area (Å²) < 4.78 is 12.3. The van der Waals surface area contributed by atoms with Gasteiger partial charge in [0, 0.05) is 12.8 Å². The normalized spacial score (nSPS) is 26.3. The Bertz CT molecular complexity index is 421. The zero-order chi connectivity index (χ0) is 13.1. The van der Waals surface area contributed by atoms with Crippen LogP contribution in [0.5, 0.6) is 5.75 Å². The molecule has 19 heavy (non-hydrogen) atoms. The van der Waals surface area contributed by atoms with Crippen LogP contribution in [-0.4, -0.2) is 29.8 Å². The summed E-state index contributed by atoms with van der Waals surface area (Å²) in [5.41, 5.74) is 1.33. The molecule has 2 heterocycles. The van der Waals surface area contributed by atoms with Gasteiger partial charge in [0.1, 0.15) is 11.9 Å². The Morgan fingerprint density at radius 1 is 1.26 bits per heavy atom. The van der Waals surface area contributed by atoms with E-state index in [1.807, 2.05) is 11.8 Å². The van der Waals surface area contributed by atoms with Crippen LogP contribution >= 0.6 is 11.8 Å². The predicted octanol–water partition coefficient (Wildman–Crippen LogP) is 3.82. The van der Waals surface area contributed by atoms with Gasteiger partial charge in [0.15, 0.2) is 0 Å². The standard InChI is InChI=1S/C16H22O2S/c1-13-4-2-3-5-15(13)18-14-6-9-17-16(12-14)7-10-19-11-8-16/h2-5,14H,6-12H2,1H3. The number of para-hydroxylation sites is 1. The van der Waals surface area contributed by atoms with Gasteiger partial charge in [0.2, 0.25) is 0 Å². The molecule has 104 valence electrons. The van der Waals surface area contributed by atoms with Crippen LogP contribution in [0.25, 0.3) is 0 Å². The van der Waals surface area contributed by atoms with Crippen molar-refractivity contribution in [3.05, 3.63) is 29.8 Å². The lowest BCUT2D eigenvalue weighted by atomic mass is 9.86. The van der Waals surface area contributed by atoms with Crippen molar-refractivity contribution in [2.45, 2.75) is 44.3 Å². The average Bonchev–Trinajstić information content (AvgIpc) is 2.42. The van der Waals surface area contributed by atoms with E-state index in [0.717, 1.165) is 25.2 Å². The van der Waals surface area contributed by atoms with Crippen molar-refractivity contribution in [1.82, 2.24) is 0 Å². The molecule has 0 amide bonds. The first-order chi connectivity index (χ1) is 9.27. The van der Waals surface area contributed by atoms with Gasteiger partial charge in [-0.1, -0.05) is 18.2 Å². The zero-order valence-electron chi connectivity index (χ0n) is 11.6. The minimum Gasteiger partial charge on any atom is -0.490 e. The molecule has 1 spiro atoms. The molecule has 1 aromatic rings. The van der Waals surface area contributed by atoms with Crippen molar-refractivity contribution in [2.24, 2.45) is 0 Å². The number of benzene rings is 1. The molecular weight excluding hydrogens is 256 g/mol. The maximum absolute atomic E-state index is 6.23. The van der Waals surface area contributed by atoms with Crippen LogP contribution < -0.4 is 4.74 Å². The van der Waals surface area contributed by atoms with E-state index in [4.69, 9.17) is 9.47 Å². The third-order valence-corrected chi connectivity index (χ3v) is 5.22. The molecule has 0 N–H and O–H groups in total. The molecule has 2 saturated heterocycles. The summed E-state index contributed by atoms with van der Waals surface area (Å²) in [5.74, 6) is 3.50. The van der Waals surface area contributed by atoms with E-state index in [-0.39, 0.29) is 5.60 Å². The van der Waals surface area contributed by atoms with Crippen molar-refractivity contribution in [1.29, 1.82) is 0 Å². The molecule has 0 radical (unpaired) electrons. The number of thioether (sulfide) groups is 1. The Kier molecular flexibility index (Phi) is 4.04. The molecule has 2 nitrogen and oxygen atoms in total. The fourth-order valence-corrected chi connectivity index (χ4v) is 4.28. The first-order valence-corrected chi connectivity index (χ1v) is 8.37. The van der Waals surface area contributed by atoms with Crippen LogP contribution in [0.3, 0.4) is 0 Å². The van der Waals surface area contributed by atoms with Crippen molar-refractivity contribution >= 4 is 11.8 Å². The molecule has 1 aromatic carbocycles. The van der Waals surface area contributed by atoms with Crippen LogP contribution in [0.1, 0.15) is 31.2 Å². The van der Waals surface area contributed by atoms with Crippen LogP contribution in [-0.2, 0) is 4.74 Å². The third kappa shape index (κ3) is 3.09. The van der Waals surface area contributed by atoms with Gasteiger partial charge in [-0.05, 0) is 42.9 Å². The maximum Gasteiger partial charge on any atom is 0.122 e. The molecule has 2 aliphatic rings. The Balaban J connectivity index is 1.67. The summed E-state index contributed by atoms with van der Waals surface area (Å²) >= 11 is 2.05. The minimum absolute atomic E-state index is 0.108. The number of rotatable bonds is 2. The number of hydrogen-bond donors (Lipinski definition) is 0. The summed E-state index contributed by atoms with van der Waals surface area (Å²) in [5, 5.41) is 0. The van der Waals surface area contributed by atoms with Crippen LogP contribution in [0.2, 0.25) is 0 Å². The van der Waals surface area contributed by atoms with E-state index in [0.29, 0.717) is 6.10 Å². The van der Waals surface area contributed by atoms with Crippen LogP contribution in [0, 0.1) is 6.92 Å². The largest absolute Gasteiger partial charge is 0.490 e. The zero-order valence-corrected chi connectivity index (χ0v) is 12.4. The van der Waals surface area contributed by atoms with Gasteiger partial charge in [-0.15, -0.1) is 0 Å². The molecule has 3 heteroatoms. The fourth-order valence-electron chi connectivity index (χ4n) is 3.04. The minimum atomic E-state index is 0.108. The number of ether oxygens (including phenoxy) is 2. The Hall–Kier alpha value is -0.670. The lowest BCUT2D eigenvalue weighted by molar-refractivity contribution is -0.116. The maximum atomic E-state index is 6.23. The molecule has 3 rings (SSSR count). The van der Waals surface area contributed by atoms with Gasteiger partial charge >= 0.3 is 0 Å². The molecule has 0 aliphatic carbocycles. The molecule has 0 saturated carbocycles. The van der Waals surface area contributed by atoms with E-state index in [2.05, 4.69) is 31.2 Å². The van der Waals surface area contributed by atoms with Crippen molar-refractivity contribution in [3.8, 4) is 5.75 Å². The number of hydrogen-bond acceptors (Lipinski definition) is 3. The van der Waals surface area contributed by atoms with Gasteiger partial charge in [-0.3, -0.25) is 0 Å². The van der Waals surface area contributed by atoms with Crippen molar-refractivity contribution in [2.75, 3.05) is 18.1 Å². The summed E-state index contributed by atoms with van der Waals surface area (Å²) in [7, 11) is 0.